The summed E-state index contributed by atoms with van der Waals surface area (Å²) in [7, 11) is 0. The molecule has 1 aromatic carbocycles. The number of amides is 1. The molecule has 1 aliphatic carbocycles. The molecule has 2 aromatic heterocycles. The number of pyridine rings is 1. The van der Waals surface area contributed by atoms with E-state index in [1.165, 1.54) is 15.6 Å². The number of anilines is 1. The number of piperazine rings is 1. The van der Waals surface area contributed by atoms with Gasteiger partial charge in [-0.05, 0) is 30.9 Å². The summed E-state index contributed by atoms with van der Waals surface area (Å²) in [6.07, 6.45) is -0.640. The first-order valence-electron chi connectivity index (χ1n) is 10.6. The Morgan fingerprint density at radius 2 is 1.79 bits per heavy atom. The van der Waals surface area contributed by atoms with E-state index in [2.05, 4.69) is 10.1 Å². The maximum atomic E-state index is 14.1. The third-order valence-corrected chi connectivity index (χ3v) is 6.13. The molecule has 2 aliphatic rings. The highest BCUT2D eigenvalue weighted by molar-refractivity contribution is 6.00. The van der Waals surface area contributed by atoms with Crippen LogP contribution in [0.2, 0.25) is 0 Å². The Balaban J connectivity index is 1.40. The predicted molar refractivity (Wildman–Crippen MR) is 110 cm³/mol. The Morgan fingerprint density at radius 3 is 2.42 bits per heavy atom. The molecular weight excluding hydrogens is 445 g/mol. The van der Waals surface area contributed by atoms with Crippen LogP contribution in [-0.4, -0.2) is 51.8 Å². The third kappa shape index (κ3) is 4.11. The third-order valence-electron chi connectivity index (χ3n) is 6.13. The lowest BCUT2D eigenvalue weighted by Crippen LogP contribution is -2.49. The number of hydrogen-bond acceptors (Lipinski definition) is 4. The molecule has 5 rings (SSSR count). The number of rotatable bonds is 4. The minimum atomic E-state index is -4.77. The van der Waals surface area contributed by atoms with Gasteiger partial charge in [0.25, 0.3) is 5.91 Å². The van der Waals surface area contributed by atoms with E-state index in [0.717, 1.165) is 37.4 Å². The predicted octanol–water partition coefficient (Wildman–Crippen LogP) is 4.10. The first-order valence-corrected chi connectivity index (χ1v) is 10.6. The summed E-state index contributed by atoms with van der Waals surface area (Å²) in [5, 5.41) is 3.89. The van der Waals surface area contributed by atoms with Crippen LogP contribution in [0.25, 0.3) is 11.0 Å². The van der Waals surface area contributed by atoms with E-state index in [1.54, 1.807) is 4.90 Å². The summed E-state index contributed by atoms with van der Waals surface area (Å²) < 4.78 is 70.8. The van der Waals surface area contributed by atoms with Crippen LogP contribution >= 0.6 is 0 Å². The molecule has 0 spiro atoms. The molecule has 0 N–H and O–H groups in total. The monoisotopic (exact) mass is 465 g/mol. The molecule has 1 aliphatic heterocycles. The topological polar surface area (TPSA) is 54.3 Å². The molecule has 11 heteroatoms. The second kappa shape index (κ2) is 7.96. The Kier molecular flexibility index (Phi) is 5.21. The lowest BCUT2D eigenvalue weighted by molar-refractivity contribution is -0.136. The number of aromatic nitrogens is 3. The van der Waals surface area contributed by atoms with Gasteiger partial charge < -0.3 is 9.80 Å². The highest BCUT2D eigenvalue weighted by Crippen LogP contribution is 2.38. The minimum absolute atomic E-state index is 0.0892. The Bertz CT molecular complexity index is 1210. The quantitative estimate of drug-likeness (QED) is 0.545. The Morgan fingerprint density at radius 1 is 1.06 bits per heavy atom. The maximum absolute atomic E-state index is 14.1. The maximum Gasteiger partial charge on any atom is 0.418 e. The van der Waals surface area contributed by atoms with Gasteiger partial charge in [-0.2, -0.15) is 18.3 Å². The second-order valence-electron chi connectivity index (χ2n) is 8.43. The summed E-state index contributed by atoms with van der Waals surface area (Å²) in [6, 6.07) is 3.21. The SMILES string of the molecule is O=C(c1cnc2c(cnn2CC2CC2)c1C(F)(F)F)N1CCN(c2ccc(F)cc2F)CC1. The summed E-state index contributed by atoms with van der Waals surface area (Å²) in [6.45, 7) is 1.08. The molecule has 3 heterocycles. The molecule has 6 nitrogen and oxygen atoms in total. The molecule has 2 fully saturated rings. The van der Waals surface area contributed by atoms with Crippen molar-refractivity contribution in [2.75, 3.05) is 31.1 Å². The average molecular weight is 465 g/mol. The summed E-state index contributed by atoms with van der Waals surface area (Å²) in [5.41, 5.74) is -1.26. The van der Waals surface area contributed by atoms with E-state index < -0.39 is 34.8 Å². The van der Waals surface area contributed by atoms with Crippen LogP contribution in [0.5, 0.6) is 0 Å². The highest BCUT2D eigenvalue weighted by Gasteiger charge is 2.40. The van der Waals surface area contributed by atoms with E-state index >= 15 is 0 Å². The van der Waals surface area contributed by atoms with Crippen molar-refractivity contribution in [1.29, 1.82) is 0 Å². The summed E-state index contributed by atoms with van der Waals surface area (Å²) >= 11 is 0. The van der Waals surface area contributed by atoms with Crippen LogP contribution in [-0.2, 0) is 12.7 Å². The van der Waals surface area contributed by atoms with Gasteiger partial charge in [0, 0.05) is 45.0 Å². The molecule has 0 atom stereocenters. The van der Waals surface area contributed by atoms with Crippen molar-refractivity contribution in [1.82, 2.24) is 19.7 Å². The van der Waals surface area contributed by atoms with Crippen LogP contribution in [0.4, 0.5) is 27.6 Å². The second-order valence-corrected chi connectivity index (χ2v) is 8.43. The van der Waals surface area contributed by atoms with Gasteiger partial charge in [-0.3, -0.25) is 4.79 Å². The average Bonchev–Trinajstić information content (AvgIpc) is 3.50. The number of benzene rings is 1. The van der Waals surface area contributed by atoms with Crippen LogP contribution in [0.1, 0.15) is 28.8 Å². The zero-order valence-corrected chi connectivity index (χ0v) is 17.4. The van der Waals surface area contributed by atoms with E-state index in [9.17, 15) is 26.7 Å². The zero-order valence-electron chi connectivity index (χ0n) is 17.4. The lowest BCUT2D eigenvalue weighted by Gasteiger charge is -2.36. The van der Waals surface area contributed by atoms with Gasteiger partial charge in [0.2, 0.25) is 0 Å². The van der Waals surface area contributed by atoms with Crippen LogP contribution in [0.3, 0.4) is 0 Å². The van der Waals surface area contributed by atoms with E-state index in [0.29, 0.717) is 12.5 Å². The van der Waals surface area contributed by atoms with Gasteiger partial charge in [0.1, 0.15) is 11.6 Å². The number of halogens is 5. The van der Waals surface area contributed by atoms with Gasteiger partial charge >= 0.3 is 6.18 Å². The Hall–Kier alpha value is -3.24. The lowest BCUT2D eigenvalue weighted by atomic mass is 10.0. The van der Waals surface area contributed by atoms with Gasteiger partial charge in [0.15, 0.2) is 5.65 Å². The molecule has 174 valence electrons. The molecule has 3 aromatic rings. The van der Waals surface area contributed by atoms with Gasteiger partial charge in [-0.15, -0.1) is 0 Å². The van der Waals surface area contributed by atoms with Crippen molar-refractivity contribution in [3.05, 3.63) is 53.4 Å². The Labute approximate surface area is 185 Å². The molecule has 0 bridgehead atoms. The van der Waals surface area contributed by atoms with Gasteiger partial charge in [-0.25, -0.2) is 18.4 Å². The van der Waals surface area contributed by atoms with Gasteiger partial charge in [-0.1, -0.05) is 0 Å². The van der Waals surface area contributed by atoms with E-state index in [4.69, 9.17) is 0 Å². The first-order chi connectivity index (χ1) is 15.7. The van der Waals surface area contributed by atoms with Crippen molar-refractivity contribution in [3.8, 4) is 0 Å². The molecule has 0 radical (unpaired) electrons. The number of carbonyl (C=O) groups excluding carboxylic acids is 1. The fraction of sp³-hybridized carbons (Fsp3) is 0.409. The number of nitrogens with zero attached hydrogens (tertiary/aromatic N) is 5. The minimum Gasteiger partial charge on any atom is -0.366 e. The van der Waals surface area contributed by atoms with Crippen molar-refractivity contribution in [2.45, 2.75) is 25.6 Å². The fourth-order valence-corrected chi connectivity index (χ4v) is 4.23. The van der Waals surface area contributed by atoms with Crippen LogP contribution in [0.15, 0.2) is 30.6 Å². The van der Waals surface area contributed by atoms with E-state index in [-0.39, 0.29) is 42.9 Å². The number of carbonyl (C=O) groups is 1. The summed E-state index contributed by atoms with van der Waals surface area (Å²) in [5.74, 6) is -1.82. The molecular formula is C22H20F5N5O. The molecule has 1 amide bonds. The van der Waals surface area contributed by atoms with Crippen molar-refractivity contribution >= 4 is 22.6 Å². The molecule has 33 heavy (non-hydrogen) atoms. The van der Waals surface area contributed by atoms with Crippen LogP contribution in [0, 0.1) is 17.6 Å². The van der Waals surface area contributed by atoms with E-state index in [1.807, 2.05) is 0 Å². The number of fused-ring (bicyclic) bond motifs is 1. The normalized spacial score (nSPS) is 17.1. The van der Waals surface area contributed by atoms with Crippen LogP contribution < -0.4 is 4.90 Å². The standard InChI is InChI=1S/C22H20F5N5O/c23-14-3-4-18(17(24)9-14)30-5-7-31(8-6-30)21(33)16-10-28-20-15(19(16)22(25,26)27)11-29-32(20)12-13-1-2-13/h3-4,9-11,13H,1-2,5-8,12H2. The highest BCUT2D eigenvalue weighted by atomic mass is 19.4. The van der Waals surface area contributed by atoms with Crippen molar-refractivity contribution in [2.24, 2.45) is 5.92 Å². The molecule has 0 unspecified atom stereocenters. The summed E-state index contributed by atoms with van der Waals surface area (Å²) in [4.78, 5) is 20.2. The number of hydrogen-bond donors (Lipinski definition) is 0. The van der Waals surface area contributed by atoms with Crippen molar-refractivity contribution in [3.63, 3.8) is 0 Å². The molecule has 1 saturated heterocycles. The fourth-order valence-electron chi connectivity index (χ4n) is 4.23. The van der Waals surface area contributed by atoms with Gasteiger partial charge in [0.05, 0.1) is 28.4 Å². The number of alkyl halides is 3. The smallest absolute Gasteiger partial charge is 0.366 e. The molecule has 1 saturated carbocycles. The first kappa shape index (κ1) is 21.6. The largest absolute Gasteiger partial charge is 0.418 e. The zero-order chi connectivity index (χ0) is 23.3. The van der Waals surface area contributed by atoms with Crippen molar-refractivity contribution < 1.29 is 26.7 Å².